The number of aryl methyl sites for hydroxylation is 1. The summed E-state index contributed by atoms with van der Waals surface area (Å²) in [6.07, 6.45) is 1.42. The fraction of sp³-hybridized carbons (Fsp3) is 0.212. The quantitative estimate of drug-likeness (QED) is 0.256. The summed E-state index contributed by atoms with van der Waals surface area (Å²) in [4.78, 5) is 27.8. The van der Waals surface area contributed by atoms with Gasteiger partial charge in [0.25, 0.3) is 5.91 Å². The fourth-order valence-corrected chi connectivity index (χ4v) is 6.22. The van der Waals surface area contributed by atoms with Crippen LogP contribution in [0.2, 0.25) is 0 Å². The first-order chi connectivity index (χ1) is 20.2. The summed E-state index contributed by atoms with van der Waals surface area (Å²) in [7, 11) is -2.11. The van der Waals surface area contributed by atoms with Gasteiger partial charge >= 0.3 is 0 Å². The molecule has 42 heavy (non-hydrogen) atoms. The van der Waals surface area contributed by atoms with Gasteiger partial charge in [-0.2, -0.15) is 0 Å². The number of anilines is 2. The molecule has 0 aliphatic carbocycles. The fourth-order valence-electron chi connectivity index (χ4n) is 4.98. The maximum Gasteiger partial charge on any atom is 0.258 e. The summed E-state index contributed by atoms with van der Waals surface area (Å²) >= 11 is 0. The molecule has 4 aromatic rings. The molecule has 0 spiro atoms. The topological polar surface area (TPSA) is 105 Å². The number of rotatable bonds is 10. The molecule has 9 heteroatoms. The molecule has 5 rings (SSSR count). The van der Waals surface area contributed by atoms with Gasteiger partial charge in [0.05, 0.1) is 12.0 Å². The number of hydrogen-bond acceptors (Lipinski definition) is 5. The Kier molecular flexibility index (Phi) is 8.70. The molecule has 0 saturated heterocycles. The summed E-state index contributed by atoms with van der Waals surface area (Å²) in [6, 6.07) is 28.2. The van der Waals surface area contributed by atoms with Gasteiger partial charge in [0.2, 0.25) is 15.9 Å². The minimum absolute atomic E-state index is 0.102. The van der Waals surface area contributed by atoms with Crippen LogP contribution in [0.25, 0.3) is 0 Å². The highest BCUT2D eigenvalue weighted by Gasteiger charge is 2.26. The smallest absolute Gasteiger partial charge is 0.258 e. The van der Waals surface area contributed by atoms with E-state index in [9.17, 15) is 18.0 Å². The molecule has 0 bridgehead atoms. The lowest BCUT2D eigenvalue weighted by atomic mass is 10.1. The number of nitrogens with zero attached hydrogens (tertiary/aromatic N) is 1. The number of hydrogen-bond donors (Lipinski definition) is 2. The van der Waals surface area contributed by atoms with Crippen LogP contribution in [0.3, 0.4) is 0 Å². The highest BCUT2D eigenvalue weighted by atomic mass is 32.2. The zero-order chi connectivity index (χ0) is 29.7. The third-order valence-electron chi connectivity index (χ3n) is 7.35. The lowest BCUT2D eigenvalue weighted by Gasteiger charge is -2.18. The van der Waals surface area contributed by atoms with E-state index in [1.165, 1.54) is 0 Å². The van der Waals surface area contributed by atoms with Crippen molar-refractivity contribution in [2.24, 2.45) is 0 Å². The SMILES string of the molecule is COc1ccc(C(=O)N2CCc3ccc(NC(=O)CCc4ccc(S(=O)(=O)N[C@H](C)c5ccccc5)cc4)cc32)cc1. The van der Waals surface area contributed by atoms with Crippen LogP contribution in [-0.2, 0) is 27.7 Å². The minimum atomic E-state index is -3.70. The van der Waals surface area contributed by atoms with Gasteiger partial charge in [-0.05, 0) is 85.0 Å². The highest BCUT2D eigenvalue weighted by molar-refractivity contribution is 7.89. The molecule has 1 aliphatic rings. The van der Waals surface area contributed by atoms with Crippen molar-refractivity contribution in [2.75, 3.05) is 23.9 Å². The molecular weight excluding hydrogens is 550 g/mol. The Morgan fingerprint density at radius 2 is 1.64 bits per heavy atom. The van der Waals surface area contributed by atoms with Crippen molar-refractivity contribution in [2.45, 2.75) is 37.1 Å². The van der Waals surface area contributed by atoms with Crippen molar-refractivity contribution in [1.29, 1.82) is 0 Å². The number of nitrogens with one attached hydrogen (secondary N) is 2. The Hall–Kier alpha value is -4.47. The van der Waals surface area contributed by atoms with E-state index in [0.717, 1.165) is 28.8 Å². The zero-order valence-corrected chi connectivity index (χ0v) is 24.4. The van der Waals surface area contributed by atoms with Crippen molar-refractivity contribution >= 4 is 33.2 Å². The second kappa shape index (κ2) is 12.6. The van der Waals surface area contributed by atoms with Crippen LogP contribution >= 0.6 is 0 Å². The molecule has 216 valence electrons. The molecule has 0 fully saturated rings. The minimum Gasteiger partial charge on any atom is -0.497 e. The molecule has 2 amide bonds. The van der Waals surface area contributed by atoms with Gasteiger partial charge in [0.15, 0.2) is 0 Å². The van der Waals surface area contributed by atoms with E-state index < -0.39 is 10.0 Å². The Balaban J connectivity index is 1.17. The molecule has 1 aliphatic heterocycles. The molecule has 0 unspecified atom stereocenters. The van der Waals surface area contributed by atoms with Crippen molar-refractivity contribution in [3.63, 3.8) is 0 Å². The third-order valence-corrected chi connectivity index (χ3v) is 8.91. The van der Waals surface area contributed by atoms with E-state index in [1.54, 1.807) is 67.5 Å². The standard InChI is InChI=1S/C33H33N3O5S/c1-23(25-6-4-3-5-7-25)35-42(39,40)30-17-8-24(9-18-30)10-19-32(37)34-28-14-11-26-20-21-36(31(26)22-28)33(38)27-12-15-29(41-2)16-13-27/h3-9,11-18,22-23,35H,10,19-21H2,1-2H3,(H,34,37)/t23-/m1/s1. The summed E-state index contributed by atoms with van der Waals surface area (Å²) in [5.74, 6) is 0.413. The average molecular weight is 584 g/mol. The van der Waals surface area contributed by atoms with Gasteiger partial charge in [-0.3, -0.25) is 9.59 Å². The average Bonchev–Trinajstić information content (AvgIpc) is 3.43. The van der Waals surface area contributed by atoms with Gasteiger partial charge in [0, 0.05) is 35.9 Å². The maximum atomic E-state index is 13.2. The van der Waals surface area contributed by atoms with Gasteiger partial charge < -0.3 is 15.0 Å². The monoisotopic (exact) mass is 583 g/mol. The van der Waals surface area contributed by atoms with E-state index in [0.29, 0.717) is 30.0 Å². The van der Waals surface area contributed by atoms with Crippen LogP contribution in [0.4, 0.5) is 11.4 Å². The summed E-state index contributed by atoms with van der Waals surface area (Å²) in [5.41, 5.74) is 4.76. The molecular formula is C33H33N3O5S. The van der Waals surface area contributed by atoms with Crippen LogP contribution in [0, 0.1) is 0 Å². The predicted molar refractivity (Wildman–Crippen MR) is 163 cm³/mol. The number of ether oxygens (including phenoxy) is 1. The Bertz CT molecular complexity index is 1670. The van der Waals surface area contributed by atoms with Gasteiger partial charge in [-0.15, -0.1) is 0 Å². The molecule has 1 atom stereocenters. The van der Waals surface area contributed by atoms with E-state index >= 15 is 0 Å². The molecule has 0 saturated carbocycles. The number of amides is 2. The second-order valence-electron chi connectivity index (χ2n) is 10.2. The first-order valence-corrected chi connectivity index (χ1v) is 15.3. The van der Waals surface area contributed by atoms with Crippen molar-refractivity contribution < 1.29 is 22.7 Å². The van der Waals surface area contributed by atoms with Gasteiger partial charge in [-0.25, -0.2) is 13.1 Å². The van der Waals surface area contributed by atoms with Crippen LogP contribution in [0.5, 0.6) is 5.75 Å². The second-order valence-corrected chi connectivity index (χ2v) is 11.9. The Morgan fingerprint density at radius 1 is 0.929 bits per heavy atom. The number of sulfonamides is 1. The first-order valence-electron chi connectivity index (χ1n) is 13.8. The number of carbonyl (C=O) groups is 2. The van der Waals surface area contributed by atoms with Crippen LogP contribution in [-0.4, -0.2) is 33.9 Å². The van der Waals surface area contributed by atoms with Crippen LogP contribution < -0.4 is 19.7 Å². The van der Waals surface area contributed by atoms with Crippen molar-refractivity contribution in [3.8, 4) is 5.75 Å². The zero-order valence-electron chi connectivity index (χ0n) is 23.5. The normalized spacial score (nSPS) is 13.3. The molecule has 1 heterocycles. The molecule has 0 aromatic heterocycles. The maximum absolute atomic E-state index is 13.2. The summed E-state index contributed by atoms with van der Waals surface area (Å²) in [6.45, 7) is 2.38. The van der Waals surface area contributed by atoms with Crippen LogP contribution in [0.15, 0.2) is 102 Å². The number of carbonyl (C=O) groups excluding carboxylic acids is 2. The molecule has 0 radical (unpaired) electrons. The predicted octanol–water partition coefficient (Wildman–Crippen LogP) is 5.51. The number of methoxy groups -OCH3 is 1. The van der Waals surface area contributed by atoms with Gasteiger partial charge in [0.1, 0.15) is 5.75 Å². The Morgan fingerprint density at radius 3 is 2.33 bits per heavy atom. The molecule has 4 aromatic carbocycles. The first kappa shape index (κ1) is 29.0. The number of benzene rings is 4. The van der Waals surface area contributed by atoms with Crippen molar-refractivity contribution in [1.82, 2.24) is 4.72 Å². The van der Waals surface area contributed by atoms with E-state index in [-0.39, 0.29) is 29.2 Å². The van der Waals surface area contributed by atoms with Crippen LogP contribution in [0.1, 0.15) is 46.4 Å². The number of fused-ring (bicyclic) bond motifs is 1. The lowest BCUT2D eigenvalue weighted by molar-refractivity contribution is -0.116. The highest BCUT2D eigenvalue weighted by Crippen LogP contribution is 2.32. The summed E-state index contributed by atoms with van der Waals surface area (Å²) in [5, 5.41) is 2.93. The molecule has 8 nitrogen and oxygen atoms in total. The molecule has 2 N–H and O–H groups in total. The van der Waals surface area contributed by atoms with E-state index in [4.69, 9.17) is 4.74 Å². The lowest BCUT2D eigenvalue weighted by Crippen LogP contribution is -2.28. The van der Waals surface area contributed by atoms with Gasteiger partial charge in [-0.1, -0.05) is 48.5 Å². The van der Waals surface area contributed by atoms with E-state index in [1.807, 2.05) is 48.5 Å². The largest absolute Gasteiger partial charge is 0.497 e. The van der Waals surface area contributed by atoms with E-state index in [2.05, 4.69) is 10.0 Å². The Labute approximate surface area is 246 Å². The third kappa shape index (κ3) is 6.70. The summed E-state index contributed by atoms with van der Waals surface area (Å²) < 4.78 is 33.6. The van der Waals surface area contributed by atoms with Crippen molar-refractivity contribution in [3.05, 3.63) is 119 Å².